The molecule has 0 saturated carbocycles. The standard InChI is InChI=1S/C19H15FN2O2/c20-17-7-5-14(6-8-17)16(12-18-21-9-10-22-18)11-13-1-3-15(4-2-13)19(23)24/h1-11H,12H2,(H,21,22)(H,23,24). The second-order valence-electron chi connectivity index (χ2n) is 5.32. The Morgan fingerprint density at radius 3 is 2.33 bits per heavy atom. The Balaban J connectivity index is 1.96. The molecule has 0 unspecified atom stereocenters. The van der Waals surface area contributed by atoms with E-state index in [1.54, 1.807) is 48.8 Å². The van der Waals surface area contributed by atoms with Crippen LogP contribution in [0.5, 0.6) is 0 Å². The topological polar surface area (TPSA) is 66.0 Å². The number of benzene rings is 2. The van der Waals surface area contributed by atoms with Crippen LogP contribution in [0.15, 0.2) is 60.9 Å². The molecule has 120 valence electrons. The maximum absolute atomic E-state index is 13.2. The molecule has 4 nitrogen and oxygen atoms in total. The average Bonchev–Trinajstić information content (AvgIpc) is 3.08. The second-order valence-corrected chi connectivity index (χ2v) is 5.32. The van der Waals surface area contributed by atoms with Gasteiger partial charge in [-0.2, -0.15) is 0 Å². The van der Waals surface area contributed by atoms with Gasteiger partial charge in [0.1, 0.15) is 11.6 Å². The van der Waals surface area contributed by atoms with Crippen LogP contribution in [0.1, 0.15) is 27.3 Å². The first-order valence-electron chi connectivity index (χ1n) is 7.40. The van der Waals surface area contributed by atoms with Crippen molar-refractivity contribution in [3.63, 3.8) is 0 Å². The van der Waals surface area contributed by atoms with Crippen molar-refractivity contribution < 1.29 is 14.3 Å². The van der Waals surface area contributed by atoms with Gasteiger partial charge in [0.25, 0.3) is 0 Å². The van der Waals surface area contributed by atoms with E-state index in [4.69, 9.17) is 5.11 Å². The predicted octanol–water partition coefficient (Wildman–Crippen LogP) is 4.03. The molecule has 0 aliphatic heterocycles. The molecule has 0 aliphatic rings. The molecule has 1 heterocycles. The summed E-state index contributed by atoms with van der Waals surface area (Å²) >= 11 is 0. The highest BCUT2D eigenvalue weighted by Gasteiger charge is 2.07. The normalized spacial score (nSPS) is 11.5. The van der Waals surface area contributed by atoms with E-state index < -0.39 is 5.97 Å². The van der Waals surface area contributed by atoms with Gasteiger partial charge in [-0.1, -0.05) is 30.3 Å². The lowest BCUT2D eigenvalue weighted by Crippen LogP contribution is -1.96. The maximum Gasteiger partial charge on any atom is 0.335 e. The van der Waals surface area contributed by atoms with Gasteiger partial charge >= 0.3 is 5.97 Å². The Labute approximate surface area is 138 Å². The van der Waals surface area contributed by atoms with Crippen molar-refractivity contribution in [1.82, 2.24) is 9.97 Å². The van der Waals surface area contributed by atoms with Crippen LogP contribution in [-0.4, -0.2) is 21.0 Å². The van der Waals surface area contributed by atoms with E-state index in [0.717, 1.165) is 22.5 Å². The summed E-state index contributed by atoms with van der Waals surface area (Å²) in [6.07, 6.45) is 5.93. The van der Waals surface area contributed by atoms with Gasteiger partial charge in [0.15, 0.2) is 0 Å². The quantitative estimate of drug-likeness (QED) is 0.697. The third-order valence-electron chi connectivity index (χ3n) is 3.63. The van der Waals surface area contributed by atoms with Crippen LogP contribution in [0.4, 0.5) is 4.39 Å². The van der Waals surface area contributed by atoms with Gasteiger partial charge in [-0.25, -0.2) is 14.2 Å². The first-order valence-corrected chi connectivity index (χ1v) is 7.40. The fraction of sp³-hybridized carbons (Fsp3) is 0.0526. The number of carbonyl (C=O) groups is 1. The molecule has 24 heavy (non-hydrogen) atoms. The largest absolute Gasteiger partial charge is 0.478 e. The van der Waals surface area contributed by atoms with Gasteiger partial charge in [0.2, 0.25) is 0 Å². The molecular formula is C19H15FN2O2. The molecule has 0 bridgehead atoms. The summed E-state index contributed by atoms with van der Waals surface area (Å²) in [5.74, 6) is -0.450. The molecule has 0 aliphatic carbocycles. The van der Waals surface area contributed by atoms with E-state index in [2.05, 4.69) is 9.97 Å². The van der Waals surface area contributed by atoms with E-state index >= 15 is 0 Å². The number of carboxylic acids is 1. The number of aromatic amines is 1. The fourth-order valence-electron chi connectivity index (χ4n) is 2.40. The molecular weight excluding hydrogens is 307 g/mol. The lowest BCUT2D eigenvalue weighted by Gasteiger charge is -2.07. The first kappa shape index (κ1) is 15.7. The first-order chi connectivity index (χ1) is 11.6. The fourth-order valence-corrected chi connectivity index (χ4v) is 2.40. The van der Waals surface area contributed by atoms with Crippen LogP contribution in [0.25, 0.3) is 11.6 Å². The molecule has 0 atom stereocenters. The second kappa shape index (κ2) is 6.91. The molecule has 0 saturated heterocycles. The van der Waals surface area contributed by atoms with E-state index in [1.807, 2.05) is 6.08 Å². The van der Waals surface area contributed by atoms with Gasteiger partial charge < -0.3 is 10.1 Å². The lowest BCUT2D eigenvalue weighted by molar-refractivity contribution is 0.0697. The minimum atomic E-state index is -0.958. The number of halogens is 1. The van der Waals surface area contributed by atoms with Crippen molar-refractivity contribution in [2.75, 3.05) is 0 Å². The summed E-state index contributed by atoms with van der Waals surface area (Å²) in [6.45, 7) is 0. The number of aromatic carboxylic acids is 1. The predicted molar refractivity (Wildman–Crippen MR) is 90.0 cm³/mol. The Morgan fingerprint density at radius 1 is 1.08 bits per heavy atom. The average molecular weight is 322 g/mol. The number of hydrogen-bond donors (Lipinski definition) is 2. The van der Waals surface area contributed by atoms with Crippen LogP contribution in [0.2, 0.25) is 0 Å². The number of hydrogen-bond acceptors (Lipinski definition) is 2. The molecule has 0 amide bonds. The third kappa shape index (κ3) is 3.76. The number of imidazole rings is 1. The van der Waals surface area contributed by atoms with Gasteiger partial charge in [-0.3, -0.25) is 0 Å². The number of rotatable bonds is 5. The van der Waals surface area contributed by atoms with Crippen molar-refractivity contribution in [2.24, 2.45) is 0 Å². The van der Waals surface area contributed by atoms with Gasteiger partial charge in [-0.15, -0.1) is 0 Å². The highest BCUT2D eigenvalue weighted by Crippen LogP contribution is 2.22. The molecule has 2 N–H and O–H groups in total. The van der Waals surface area contributed by atoms with E-state index in [1.165, 1.54) is 12.1 Å². The summed E-state index contributed by atoms with van der Waals surface area (Å²) < 4.78 is 13.2. The van der Waals surface area contributed by atoms with Crippen LogP contribution < -0.4 is 0 Å². The Kier molecular flexibility index (Phi) is 4.52. The van der Waals surface area contributed by atoms with Gasteiger partial charge in [0.05, 0.1) is 5.56 Å². The van der Waals surface area contributed by atoms with E-state index in [9.17, 15) is 9.18 Å². The van der Waals surface area contributed by atoms with E-state index in [0.29, 0.717) is 6.42 Å². The van der Waals surface area contributed by atoms with Crippen molar-refractivity contribution >= 4 is 17.6 Å². The highest BCUT2D eigenvalue weighted by molar-refractivity contribution is 5.88. The zero-order valence-corrected chi connectivity index (χ0v) is 12.7. The van der Waals surface area contributed by atoms with Crippen LogP contribution in [0.3, 0.4) is 0 Å². The van der Waals surface area contributed by atoms with Gasteiger partial charge in [0, 0.05) is 18.8 Å². The van der Waals surface area contributed by atoms with Gasteiger partial charge in [-0.05, 0) is 41.0 Å². The minimum absolute atomic E-state index is 0.238. The molecule has 3 rings (SSSR count). The minimum Gasteiger partial charge on any atom is -0.478 e. The number of allylic oxidation sites excluding steroid dienone is 1. The maximum atomic E-state index is 13.2. The van der Waals surface area contributed by atoms with Crippen LogP contribution >= 0.6 is 0 Å². The zero-order chi connectivity index (χ0) is 16.9. The monoisotopic (exact) mass is 322 g/mol. The highest BCUT2D eigenvalue weighted by atomic mass is 19.1. The lowest BCUT2D eigenvalue weighted by atomic mass is 9.99. The number of H-pyrrole nitrogens is 1. The number of nitrogens with zero attached hydrogens (tertiary/aromatic N) is 1. The molecule has 2 aromatic carbocycles. The smallest absolute Gasteiger partial charge is 0.335 e. The summed E-state index contributed by atoms with van der Waals surface area (Å²) in [5.41, 5.74) is 2.94. The van der Waals surface area contributed by atoms with Crippen LogP contribution in [-0.2, 0) is 6.42 Å². The summed E-state index contributed by atoms with van der Waals surface area (Å²) in [7, 11) is 0. The summed E-state index contributed by atoms with van der Waals surface area (Å²) in [4.78, 5) is 18.2. The number of aromatic nitrogens is 2. The zero-order valence-electron chi connectivity index (χ0n) is 12.7. The Bertz CT molecular complexity index is 851. The van der Waals surface area contributed by atoms with Crippen molar-refractivity contribution in [1.29, 1.82) is 0 Å². The Morgan fingerprint density at radius 2 is 1.75 bits per heavy atom. The molecule has 0 spiro atoms. The SMILES string of the molecule is O=C(O)c1ccc(C=C(Cc2ncc[nH]2)c2ccc(F)cc2)cc1. The van der Waals surface area contributed by atoms with Crippen molar-refractivity contribution in [3.05, 3.63) is 89.3 Å². The molecule has 1 aromatic heterocycles. The van der Waals surface area contributed by atoms with Crippen molar-refractivity contribution in [3.8, 4) is 0 Å². The molecule has 0 fully saturated rings. The molecule has 3 aromatic rings. The Hall–Kier alpha value is -3.21. The molecule has 0 radical (unpaired) electrons. The van der Waals surface area contributed by atoms with E-state index in [-0.39, 0.29) is 11.4 Å². The number of nitrogens with one attached hydrogen (secondary N) is 1. The van der Waals surface area contributed by atoms with Crippen LogP contribution in [0, 0.1) is 5.82 Å². The summed E-state index contributed by atoms with van der Waals surface area (Å²) in [5, 5.41) is 8.97. The third-order valence-corrected chi connectivity index (χ3v) is 3.63. The summed E-state index contributed by atoms with van der Waals surface area (Å²) in [6, 6.07) is 12.9. The molecule has 5 heteroatoms. The van der Waals surface area contributed by atoms with Crippen molar-refractivity contribution in [2.45, 2.75) is 6.42 Å². The number of carboxylic acid groups (broad SMARTS) is 1.